The maximum atomic E-state index is 12.5. The van der Waals surface area contributed by atoms with Gasteiger partial charge in [0.25, 0.3) is 0 Å². The van der Waals surface area contributed by atoms with E-state index < -0.39 is 27.0 Å². The third-order valence-corrected chi connectivity index (χ3v) is 8.70. The number of carbonyl (C=O) groups excluding carboxylic acids is 2. The molecule has 3 aromatic rings. The molecule has 7 nitrogen and oxygen atoms in total. The van der Waals surface area contributed by atoms with Crippen molar-refractivity contribution in [3.63, 3.8) is 0 Å². The Bertz CT molecular complexity index is 1290. The van der Waals surface area contributed by atoms with Gasteiger partial charge >= 0.3 is 11.9 Å². The van der Waals surface area contributed by atoms with E-state index in [1.54, 1.807) is 18.2 Å². The van der Waals surface area contributed by atoms with Gasteiger partial charge in [-0.3, -0.25) is 0 Å². The largest absolute Gasteiger partial charge is 0.744 e. The van der Waals surface area contributed by atoms with Crippen LogP contribution in [0.15, 0.2) is 53.4 Å². The van der Waals surface area contributed by atoms with Crippen LogP contribution >= 0.6 is 67.8 Å². The molecule has 0 amide bonds. The smallest absolute Gasteiger partial charge is 0.339 e. The third-order valence-electron chi connectivity index (χ3n) is 4.14. The Morgan fingerprint density at radius 2 is 1.42 bits per heavy atom. The molecular formula is C20H12I3O7S-. The Morgan fingerprint density at radius 3 is 2.03 bits per heavy atom. The van der Waals surface area contributed by atoms with Crippen molar-refractivity contribution in [2.24, 2.45) is 0 Å². The molecule has 0 aliphatic rings. The van der Waals surface area contributed by atoms with Crippen molar-refractivity contribution in [2.45, 2.75) is 4.90 Å². The number of hydrogen-bond donors (Lipinski definition) is 0. The summed E-state index contributed by atoms with van der Waals surface area (Å²) in [6.45, 7) is -0.328. The van der Waals surface area contributed by atoms with Crippen molar-refractivity contribution >= 4 is 101 Å². The summed E-state index contributed by atoms with van der Waals surface area (Å²) < 4.78 is 47.4. The first-order chi connectivity index (χ1) is 14.6. The summed E-state index contributed by atoms with van der Waals surface area (Å²) in [5.74, 6) is -1.24. The molecule has 11 heteroatoms. The minimum Gasteiger partial charge on any atom is -0.744 e. The molecule has 0 saturated heterocycles. The van der Waals surface area contributed by atoms with E-state index in [1.165, 1.54) is 18.2 Å². The van der Waals surface area contributed by atoms with Crippen molar-refractivity contribution in [2.75, 3.05) is 13.2 Å². The van der Waals surface area contributed by atoms with Gasteiger partial charge in [-0.25, -0.2) is 18.0 Å². The molecule has 0 radical (unpaired) electrons. The third kappa shape index (κ3) is 5.85. The van der Waals surface area contributed by atoms with E-state index in [-0.39, 0.29) is 29.5 Å². The van der Waals surface area contributed by atoms with Crippen LogP contribution in [0.5, 0.6) is 0 Å². The van der Waals surface area contributed by atoms with Crippen LogP contribution < -0.4 is 0 Å². The van der Waals surface area contributed by atoms with Gasteiger partial charge in [0.15, 0.2) is 0 Å². The summed E-state index contributed by atoms with van der Waals surface area (Å²) in [6.07, 6.45) is 0. The van der Waals surface area contributed by atoms with Crippen LogP contribution in [-0.4, -0.2) is 38.1 Å². The highest BCUT2D eigenvalue weighted by Gasteiger charge is 2.18. The van der Waals surface area contributed by atoms with Crippen molar-refractivity contribution in [3.8, 4) is 0 Å². The molecule has 3 aromatic carbocycles. The van der Waals surface area contributed by atoms with Gasteiger partial charge in [0, 0.05) is 16.1 Å². The fourth-order valence-electron chi connectivity index (χ4n) is 2.80. The minimum atomic E-state index is -4.70. The zero-order valence-corrected chi connectivity index (χ0v) is 22.7. The van der Waals surface area contributed by atoms with Crippen molar-refractivity contribution in [3.05, 3.63) is 70.4 Å². The van der Waals surface area contributed by atoms with E-state index in [9.17, 15) is 22.6 Å². The lowest BCUT2D eigenvalue weighted by Gasteiger charge is -2.13. The SMILES string of the molecule is O=C(OCCOC(=O)c1ccc(S(=O)(=O)[O-])c2ccccc12)c1cc(I)cc(I)c1I. The molecule has 162 valence electrons. The summed E-state index contributed by atoms with van der Waals surface area (Å²) in [6, 6.07) is 12.1. The Balaban J connectivity index is 1.69. The molecular weight excluding hydrogens is 765 g/mol. The molecule has 0 fully saturated rings. The Kier molecular flexibility index (Phi) is 8.15. The van der Waals surface area contributed by atoms with Gasteiger partial charge < -0.3 is 14.0 Å². The number of halogens is 3. The average molecular weight is 777 g/mol. The monoisotopic (exact) mass is 777 g/mol. The Hall–Kier alpha value is -1.04. The molecule has 0 aliphatic carbocycles. The van der Waals surface area contributed by atoms with Gasteiger partial charge in [-0.15, -0.1) is 0 Å². The second-order valence-corrected chi connectivity index (χ2v) is 11.0. The summed E-state index contributed by atoms with van der Waals surface area (Å²) in [4.78, 5) is 24.4. The number of ether oxygens (including phenoxy) is 2. The number of fused-ring (bicyclic) bond motifs is 1. The van der Waals surface area contributed by atoms with E-state index in [1.807, 2.05) is 6.07 Å². The first-order valence-corrected chi connectivity index (χ1v) is 13.2. The second kappa shape index (κ2) is 10.3. The predicted molar refractivity (Wildman–Crippen MR) is 137 cm³/mol. The highest BCUT2D eigenvalue weighted by molar-refractivity contribution is 14.1. The maximum Gasteiger partial charge on any atom is 0.339 e. The van der Waals surface area contributed by atoms with Crippen molar-refractivity contribution < 1.29 is 32.0 Å². The molecule has 0 aliphatic heterocycles. The van der Waals surface area contributed by atoms with E-state index in [2.05, 4.69) is 67.8 Å². The first kappa shape index (κ1) is 24.6. The minimum absolute atomic E-state index is 0.107. The standard InChI is InChI=1S/C20H13I3O7S/c21-11-9-15(18(23)16(22)10-11)20(25)30-8-7-29-19(24)14-5-6-17(31(26,27)28)13-4-2-1-3-12(13)14/h1-6,9-10H,7-8H2,(H,26,27,28)/p-1. The highest BCUT2D eigenvalue weighted by Crippen LogP contribution is 2.27. The first-order valence-electron chi connectivity index (χ1n) is 8.56. The van der Waals surface area contributed by atoms with Crippen LogP contribution in [0.25, 0.3) is 10.8 Å². The molecule has 0 atom stereocenters. The molecule has 0 heterocycles. The number of carbonyl (C=O) groups is 2. The topological polar surface area (TPSA) is 110 Å². The van der Waals surface area contributed by atoms with Gasteiger partial charge in [0.1, 0.15) is 23.3 Å². The van der Waals surface area contributed by atoms with Gasteiger partial charge in [0.2, 0.25) is 0 Å². The molecule has 0 N–H and O–H groups in total. The summed E-state index contributed by atoms with van der Waals surface area (Å²) in [5.41, 5.74) is 0.541. The van der Waals surface area contributed by atoms with Gasteiger partial charge in [0.05, 0.1) is 16.0 Å². The molecule has 0 unspecified atom stereocenters. The lowest BCUT2D eigenvalue weighted by Crippen LogP contribution is -2.15. The van der Waals surface area contributed by atoms with Crippen LogP contribution in [-0.2, 0) is 19.6 Å². The normalized spacial score (nSPS) is 11.4. The van der Waals surface area contributed by atoms with E-state index >= 15 is 0 Å². The quantitative estimate of drug-likeness (QED) is 0.119. The fraction of sp³-hybridized carbons (Fsp3) is 0.100. The van der Waals surface area contributed by atoms with Gasteiger partial charge in [-0.1, -0.05) is 24.3 Å². The van der Waals surface area contributed by atoms with E-state index in [0.717, 1.165) is 16.8 Å². The molecule has 0 bridgehead atoms. The van der Waals surface area contributed by atoms with Gasteiger partial charge in [-0.2, -0.15) is 0 Å². The molecule has 0 spiro atoms. The van der Waals surface area contributed by atoms with Crippen molar-refractivity contribution in [1.29, 1.82) is 0 Å². The number of rotatable bonds is 6. The van der Waals surface area contributed by atoms with Crippen LogP contribution in [0.1, 0.15) is 20.7 Å². The average Bonchev–Trinajstić information content (AvgIpc) is 2.71. The molecule has 31 heavy (non-hydrogen) atoms. The van der Waals surface area contributed by atoms with Crippen LogP contribution in [0, 0.1) is 10.7 Å². The zero-order chi connectivity index (χ0) is 22.8. The van der Waals surface area contributed by atoms with Crippen LogP contribution in [0.2, 0.25) is 0 Å². The lowest BCUT2D eigenvalue weighted by molar-refractivity contribution is 0.0266. The second-order valence-electron chi connectivity index (χ2n) is 6.13. The molecule has 0 saturated carbocycles. The Labute approximate surface area is 219 Å². The summed E-state index contributed by atoms with van der Waals surface area (Å²) in [5, 5.41) is 0.422. The summed E-state index contributed by atoms with van der Waals surface area (Å²) in [7, 11) is -4.70. The number of esters is 2. The van der Waals surface area contributed by atoms with Gasteiger partial charge in [-0.05, 0) is 97.4 Å². The molecule has 0 aromatic heterocycles. The Morgan fingerprint density at radius 1 is 0.839 bits per heavy atom. The van der Waals surface area contributed by atoms with E-state index in [0.29, 0.717) is 5.56 Å². The van der Waals surface area contributed by atoms with E-state index in [4.69, 9.17) is 9.47 Å². The van der Waals surface area contributed by atoms with Crippen molar-refractivity contribution in [1.82, 2.24) is 0 Å². The fourth-order valence-corrected chi connectivity index (χ4v) is 5.85. The number of benzene rings is 3. The highest BCUT2D eigenvalue weighted by atomic mass is 127. The van der Waals surface area contributed by atoms with Crippen LogP contribution in [0.4, 0.5) is 0 Å². The molecule has 3 rings (SSSR count). The maximum absolute atomic E-state index is 12.5. The predicted octanol–water partition coefficient (Wildman–Crippen LogP) is 4.57. The number of hydrogen-bond acceptors (Lipinski definition) is 7. The van der Waals surface area contributed by atoms with Crippen LogP contribution in [0.3, 0.4) is 0 Å². The lowest BCUT2D eigenvalue weighted by atomic mass is 10.0. The summed E-state index contributed by atoms with van der Waals surface area (Å²) >= 11 is 6.32. The zero-order valence-electron chi connectivity index (χ0n) is 15.4.